The van der Waals surface area contributed by atoms with Gasteiger partial charge in [0.05, 0.1) is 35.6 Å². The first-order chi connectivity index (χ1) is 9.17. The largest absolute Gasteiger partial charge is 0.394 e. The second kappa shape index (κ2) is 4.38. The number of nitrogens with two attached hydrogens (primary N) is 1. The highest BCUT2D eigenvalue weighted by Crippen LogP contribution is 2.21. The van der Waals surface area contributed by atoms with Gasteiger partial charge in [-0.15, -0.1) is 0 Å². The summed E-state index contributed by atoms with van der Waals surface area (Å²) in [5, 5.41) is 8.98. The minimum absolute atomic E-state index is 0.170. The van der Waals surface area contributed by atoms with Crippen molar-refractivity contribution in [2.75, 3.05) is 6.61 Å². The molecule has 2 aromatic heterocycles. The SMILES string of the molecule is NC(CO)c1ncc(-c2ccc3[nH]c(=O)[nH]c3c2)[nH]1. The number of aromatic amines is 3. The van der Waals surface area contributed by atoms with E-state index in [0.29, 0.717) is 5.82 Å². The number of imidazole rings is 2. The number of aromatic nitrogens is 4. The Kier molecular flexibility index (Phi) is 2.69. The molecule has 19 heavy (non-hydrogen) atoms. The number of fused-ring (bicyclic) bond motifs is 1. The number of aliphatic hydroxyl groups is 1. The average molecular weight is 259 g/mol. The van der Waals surface area contributed by atoms with Gasteiger partial charge in [0.25, 0.3) is 0 Å². The summed E-state index contributed by atoms with van der Waals surface area (Å²) in [6.45, 7) is -0.170. The molecule has 2 heterocycles. The monoisotopic (exact) mass is 259 g/mol. The van der Waals surface area contributed by atoms with Gasteiger partial charge < -0.3 is 25.8 Å². The van der Waals surface area contributed by atoms with Crippen LogP contribution in [0.1, 0.15) is 11.9 Å². The number of H-pyrrole nitrogens is 3. The fraction of sp³-hybridized carbons (Fsp3) is 0.167. The summed E-state index contributed by atoms with van der Waals surface area (Å²) >= 11 is 0. The zero-order valence-corrected chi connectivity index (χ0v) is 9.97. The topological polar surface area (TPSA) is 124 Å². The molecule has 1 unspecified atom stereocenters. The normalized spacial score (nSPS) is 12.9. The minimum atomic E-state index is -0.524. The first kappa shape index (κ1) is 11.7. The molecule has 1 atom stereocenters. The van der Waals surface area contributed by atoms with Gasteiger partial charge in [-0.1, -0.05) is 6.07 Å². The molecule has 3 aromatic rings. The lowest BCUT2D eigenvalue weighted by Crippen LogP contribution is -2.15. The van der Waals surface area contributed by atoms with Crippen LogP contribution in [-0.2, 0) is 0 Å². The second-order valence-electron chi connectivity index (χ2n) is 4.31. The Morgan fingerprint density at radius 1 is 1.26 bits per heavy atom. The van der Waals surface area contributed by atoms with E-state index in [2.05, 4.69) is 19.9 Å². The number of benzene rings is 1. The van der Waals surface area contributed by atoms with Crippen LogP contribution in [0.3, 0.4) is 0 Å². The molecular weight excluding hydrogens is 246 g/mol. The zero-order valence-electron chi connectivity index (χ0n) is 9.97. The van der Waals surface area contributed by atoms with Gasteiger partial charge in [0.2, 0.25) is 0 Å². The van der Waals surface area contributed by atoms with Gasteiger partial charge in [-0.25, -0.2) is 9.78 Å². The van der Waals surface area contributed by atoms with Gasteiger partial charge in [0.15, 0.2) is 0 Å². The van der Waals surface area contributed by atoms with Crippen molar-refractivity contribution in [2.45, 2.75) is 6.04 Å². The number of hydrogen-bond acceptors (Lipinski definition) is 4. The van der Waals surface area contributed by atoms with Crippen LogP contribution in [0.25, 0.3) is 22.3 Å². The molecule has 0 aliphatic rings. The summed E-state index contributed by atoms with van der Waals surface area (Å²) < 4.78 is 0. The molecule has 0 saturated carbocycles. The summed E-state index contributed by atoms with van der Waals surface area (Å²) in [5.41, 5.74) is 8.59. The van der Waals surface area contributed by atoms with Crippen LogP contribution in [-0.4, -0.2) is 31.6 Å². The molecule has 1 aromatic carbocycles. The van der Waals surface area contributed by atoms with Gasteiger partial charge >= 0.3 is 5.69 Å². The summed E-state index contributed by atoms with van der Waals surface area (Å²) in [7, 11) is 0. The molecular formula is C12H13N5O2. The van der Waals surface area contributed by atoms with E-state index in [9.17, 15) is 4.79 Å². The van der Waals surface area contributed by atoms with Crippen LogP contribution < -0.4 is 11.4 Å². The van der Waals surface area contributed by atoms with E-state index in [0.717, 1.165) is 22.3 Å². The number of hydrogen-bond donors (Lipinski definition) is 5. The van der Waals surface area contributed by atoms with Crippen molar-refractivity contribution in [3.05, 3.63) is 40.7 Å². The van der Waals surface area contributed by atoms with E-state index in [-0.39, 0.29) is 12.3 Å². The molecule has 0 aliphatic carbocycles. The molecule has 0 saturated heterocycles. The minimum Gasteiger partial charge on any atom is -0.394 e. The lowest BCUT2D eigenvalue weighted by Gasteiger charge is -2.03. The van der Waals surface area contributed by atoms with E-state index in [1.165, 1.54) is 0 Å². The molecule has 7 heteroatoms. The lowest BCUT2D eigenvalue weighted by molar-refractivity contribution is 0.264. The molecule has 0 amide bonds. The van der Waals surface area contributed by atoms with E-state index in [1.54, 1.807) is 6.20 Å². The Labute approximate surface area is 107 Å². The molecule has 0 spiro atoms. The van der Waals surface area contributed by atoms with Crippen molar-refractivity contribution >= 4 is 11.0 Å². The predicted octanol–water partition coefficient (Wildman–Crippen LogP) is 0.238. The maximum Gasteiger partial charge on any atom is 0.323 e. The number of aliphatic hydroxyl groups excluding tert-OH is 1. The highest BCUT2D eigenvalue weighted by Gasteiger charge is 2.10. The highest BCUT2D eigenvalue weighted by atomic mass is 16.3. The van der Waals surface area contributed by atoms with E-state index >= 15 is 0 Å². The van der Waals surface area contributed by atoms with Gasteiger partial charge in [0, 0.05) is 5.56 Å². The summed E-state index contributed by atoms with van der Waals surface area (Å²) in [4.78, 5) is 23.8. The molecule has 3 rings (SSSR count). The second-order valence-corrected chi connectivity index (χ2v) is 4.31. The number of rotatable bonds is 3. The molecule has 0 radical (unpaired) electrons. The lowest BCUT2D eigenvalue weighted by atomic mass is 10.1. The van der Waals surface area contributed by atoms with Crippen LogP contribution in [0.15, 0.2) is 29.2 Å². The molecule has 98 valence electrons. The quantitative estimate of drug-likeness (QED) is 0.462. The summed E-state index contributed by atoms with van der Waals surface area (Å²) in [6.07, 6.45) is 1.65. The Morgan fingerprint density at radius 2 is 2.05 bits per heavy atom. The maximum absolute atomic E-state index is 11.2. The third-order valence-electron chi connectivity index (χ3n) is 2.97. The van der Waals surface area contributed by atoms with Crippen molar-refractivity contribution in [2.24, 2.45) is 5.73 Å². The average Bonchev–Trinajstić information content (AvgIpc) is 3.01. The maximum atomic E-state index is 11.2. The van der Waals surface area contributed by atoms with Gasteiger partial charge in [-0.2, -0.15) is 0 Å². The molecule has 6 N–H and O–H groups in total. The first-order valence-electron chi connectivity index (χ1n) is 5.81. The van der Waals surface area contributed by atoms with E-state index in [4.69, 9.17) is 10.8 Å². The van der Waals surface area contributed by atoms with Crippen molar-refractivity contribution in [3.63, 3.8) is 0 Å². The Bertz CT molecular complexity index is 770. The summed E-state index contributed by atoms with van der Waals surface area (Å²) in [5.74, 6) is 0.528. The third-order valence-corrected chi connectivity index (χ3v) is 2.97. The molecule has 0 bridgehead atoms. The molecule has 7 nitrogen and oxygen atoms in total. The first-order valence-corrected chi connectivity index (χ1v) is 5.81. The predicted molar refractivity (Wildman–Crippen MR) is 70.5 cm³/mol. The van der Waals surface area contributed by atoms with Crippen LogP contribution >= 0.6 is 0 Å². The smallest absolute Gasteiger partial charge is 0.323 e. The van der Waals surface area contributed by atoms with Crippen molar-refractivity contribution in [3.8, 4) is 11.3 Å². The van der Waals surface area contributed by atoms with Crippen molar-refractivity contribution in [1.82, 2.24) is 19.9 Å². The summed E-state index contributed by atoms with van der Waals surface area (Å²) in [6, 6.07) is 5.00. The van der Waals surface area contributed by atoms with E-state index in [1.807, 2.05) is 18.2 Å². The third kappa shape index (κ3) is 2.05. The van der Waals surface area contributed by atoms with Gasteiger partial charge in [-0.3, -0.25) is 0 Å². The Morgan fingerprint density at radius 3 is 2.84 bits per heavy atom. The van der Waals surface area contributed by atoms with Crippen molar-refractivity contribution < 1.29 is 5.11 Å². The van der Waals surface area contributed by atoms with Crippen LogP contribution in [0, 0.1) is 0 Å². The zero-order chi connectivity index (χ0) is 13.4. The Balaban J connectivity index is 2.03. The number of nitrogens with zero attached hydrogens (tertiary/aromatic N) is 1. The molecule has 0 aliphatic heterocycles. The fourth-order valence-corrected chi connectivity index (χ4v) is 1.96. The Hall–Kier alpha value is -2.38. The van der Waals surface area contributed by atoms with Crippen LogP contribution in [0.5, 0.6) is 0 Å². The van der Waals surface area contributed by atoms with Gasteiger partial charge in [0.1, 0.15) is 5.82 Å². The van der Waals surface area contributed by atoms with Crippen LogP contribution in [0.2, 0.25) is 0 Å². The van der Waals surface area contributed by atoms with Crippen LogP contribution in [0.4, 0.5) is 0 Å². The van der Waals surface area contributed by atoms with Gasteiger partial charge in [-0.05, 0) is 12.1 Å². The number of nitrogens with one attached hydrogen (secondary N) is 3. The highest BCUT2D eigenvalue weighted by molar-refractivity contribution is 5.80. The standard InChI is InChI=1S/C12H13N5O2/c13-7(5-18)11-14-4-10(15-11)6-1-2-8-9(3-6)17-12(19)16-8/h1-4,7,18H,5,13H2,(H,14,15)(H2,16,17,19). The van der Waals surface area contributed by atoms with E-state index < -0.39 is 6.04 Å². The van der Waals surface area contributed by atoms with Crippen molar-refractivity contribution in [1.29, 1.82) is 0 Å². The fourth-order valence-electron chi connectivity index (χ4n) is 1.96. The molecule has 0 fully saturated rings.